The maximum atomic E-state index is 3.87. The van der Waals surface area contributed by atoms with E-state index >= 15 is 0 Å². The van der Waals surface area contributed by atoms with Crippen LogP contribution in [0.2, 0.25) is 3.12 Å². The molecule has 2 unspecified atom stereocenters. The normalized spacial score (nSPS) is 17.4. The molecule has 1 N–H and O–H groups in total. The number of fused-ring (bicyclic) bond motifs is 2. The molecule has 0 saturated heterocycles. The van der Waals surface area contributed by atoms with Gasteiger partial charge in [0.15, 0.2) is 0 Å². The second kappa shape index (κ2) is 8.43. The van der Waals surface area contributed by atoms with Gasteiger partial charge >= 0.3 is 162 Å². The predicted octanol–water partition coefficient (Wildman–Crippen LogP) is 6.99. The second-order valence-electron chi connectivity index (χ2n) is 8.79. The number of H-pyrrole nitrogens is 1. The van der Waals surface area contributed by atoms with Gasteiger partial charge in [-0.15, -0.1) is 24.8 Å². The molecule has 3 aromatic rings. The van der Waals surface area contributed by atoms with Crippen LogP contribution >= 0.6 is 24.8 Å². The van der Waals surface area contributed by atoms with E-state index in [0.29, 0.717) is 3.63 Å². The van der Waals surface area contributed by atoms with Gasteiger partial charge in [0.1, 0.15) is 0 Å². The Morgan fingerprint density at radius 2 is 1.57 bits per heavy atom. The quantitative estimate of drug-likeness (QED) is 0.395. The fourth-order valence-electron chi connectivity index (χ4n) is 5.28. The van der Waals surface area contributed by atoms with Crippen LogP contribution in [0.15, 0.2) is 60.7 Å². The molecule has 4 heteroatoms. The molecule has 1 aliphatic rings. The molecule has 0 fully saturated rings. The minimum absolute atomic E-state index is 0. The van der Waals surface area contributed by atoms with E-state index in [-0.39, 0.29) is 27.9 Å². The number of rotatable bonds is 2. The molecule has 1 heterocycles. The van der Waals surface area contributed by atoms with E-state index in [1.165, 1.54) is 25.4 Å². The summed E-state index contributed by atoms with van der Waals surface area (Å²) in [6.45, 7) is 12.2. The summed E-state index contributed by atoms with van der Waals surface area (Å²) in [6.07, 6.45) is 4.85. The van der Waals surface area contributed by atoms with Crippen molar-refractivity contribution in [2.45, 2.75) is 41.4 Å². The van der Waals surface area contributed by atoms with E-state index in [2.05, 4.69) is 106 Å². The van der Waals surface area contributed by atoms with Crippen molar-refractivity contribution in [3.63, 3.8) is 0 Å². The number of benzene rings is 2. The fourth-order valence-corrected chi connectivity index (χ4v) is 21.4. The monoisotopic (exact) mass is 492 g/mol. The van der Waals surface area contributed by atoms with Crippen molar-refractivity contribution in [2.24, 2.45) is 0 Å². The Bertz CT molecular complexity index is 1030. The molecule has 2 atom stereocenters. The molecule has 0 saturated carbocycles. The van der Waals surface area contributed by atoms with Crippen molar-refractivity contribution in [2.75, 3.05) is 0 Å². The van der Waals surface area contributed by atoms with Crippen LogP contribution in [-0.4, -0.2) is 8.19 Å². The van der Waals surface area contributed by atoms with Crippen molar-refractivity contribution >= 4 is 48.4 Å². The van der Waals surface area contributed by atoms with E-state index in [0.717, 1.165) is 0 Å². The van der Waals surface area contributed by atoms with Crippen molar-refractivity contribution < 1.29 is 19.8 Å². The number of para-hydroxylation sites is 1. The molecule has 149 valence electrons. The van der Waals surface area contributed by atoms with Gasteiger partial charge in [-0.25, -0.2) is 0 Å². The minimum atomic E-state index is -3.09. The van der Waals surface area contributed by atoms with E-state index in [1.54, 1.807) is 3.21 Å². The number of nitrogens with one attached hydrogen (secondary N) is 1. The average Bonchev–Trinajstić information content (AvgIpc) is 3.19. The fraction of sp³-hybridized carbons (Fsp3) is 0.292. The first kappa shape index (κ1) is 23.3. The van der Waals surface area contributed by atoms with Crippen molar-refractivity contribution in [1.82, 2.24) is 4.98 Å². The third-order valence-electron chi connectivity index (χ3n) is 6.19. The first-order valence-electron chi connectivity index (χ1n) is 9.51. The third kappa shape index (κ3) is 3.43. The molecular formula is C24H30Cl2NZr. The largest absolute Gasteiger partial charge is 0.147 e. The number of hydrogen-bond acceptors (Lipinski definition) is 0. The summed E-state index contributed by atoms with van der Waals surface area (Å²) >= 11 is -3.09. The van der Waals surface area contributed by atoms with E-state index in [4.69, 9.17) is 0 Å². The van der Waals surface area contributed by atoms with Gasteiger partial charge in [0.05, 0.1) is 0 Å². The Balaban J connectivity index is 0.00000140. The zero-order valence-electron chi connectivity index (χ0n) is 17.2. The van der Waals surface area contributed by atoms with Gasteiger partial charge in [0.25, 0.3) is 0 Å². The molecule has 28 heavy (non-hydrogen) atoms. The van der Waals surface area contributed by atoms with Gasteiger partial charge < -0.3 is 0 Å². The summed E-state index contributed by atoms with van der Waals surface area (Å²) in [6, 6.07) is 20.1. The number of hydrogen-bond donors (Lipinski definition) is 1. The third-order valence-corrected chi connectivity index (χ3v) is 22.2. The molecule has 1 aromatic heterocycles. The van der Waals surface area contributed by atoms with Crippen molar-refractivity contribution in [1.29, 1.82) is 0 Å². The van der Waals surface area contributed by atoms with Gasteiger partial charge in [-0.05, 0) is 0 Å². The molecule has 1 aliphatic carbocycles. The Morgan fingerprint density at radius 3 is 2.21 bits per heavy atom. The maximum Gasteiger partial charge on any atom is -0.147 e. The summed E-state index contributed by atoms with van der Waals surface area (Å²) in [4.78, 5) is 3.87. The van der Waals surface area contributed by atoms with Crippen LogP contribution in [0, 0.1) is 0 Å². The number of allylic oxidation sites excluding steroid dienone is 1. The maximum absolute atomic E-state index is 3.87. The van der Waals surface area contributed by atoms with Crippen molar-refractivity contribution in [3.05, 3.63) is 71.8 Å². The molecule has 0 spiro atoms. The van der Waals surface area contributed by atoms with Gasteiger partial charge in [-0.1, -0.05) is 0 Å². The van der Waals surface area contributed by atoms with Gasteiger partial charge in [-0.2, -0.15) is 0 Å². The Kier molecular flexibility index (Phi) is 7.02. The predicted molar refractivity (Wildman–Crippen MR) is 127 cm³/mol. The van der Waals surface area contributed by atoms with Crippen LogP contribution in [0.1, 0.15) is 49.4 Å². The molecule has 2 aromatic carbocycles. The summed E-state index contributed by atoms with van der Waals surface area (Å²) < 4.78 is 3.99. The van der Waals surface area contributed by atoms with Crippen LogP contribution in [-0.2, 0) is 19.8 Å². The first-order valence-corrected chi connectivity index (χ1v) is 14.6. The topological polar surface area (TPSA) is 15.8 Å². The number of aromatic nitrogens is 1. The summed E-state index contributed by atoms with van der Waals surface area (Å²) in [5.74, 6) is 0. The molecule has 1 nitrogen and oxygen atoms in total. The smallest absolute Gasteiger partial charge is 0.147 e. The summed E-state index contributed by atoms with van der Waals surface area (Å²) in [5.41, 5.74) is 4.20. The molecule has 0 radical (unpaired) electrons. The summed E-state index contributed by atoms with van der Waals surface area (Å²) in [7, 11) is 0. The van der Waals surface area contributed by atoms with Crippen LogP contribution in [0.5, 0.6) is 0 Å². The Labute approximate surface area is 185 Å². The number of aromatic amines is 1. The molecule has 0 aliphatic heterocycles. The molecule has 4 rings (SSSR count). The number of halogens is 2. The van der Waals surface area contributed by atoms with E-state index in [9.17, 15) is 0 Å². The van der Waals surface area contributed by atoms with Gasteiger partial charge in [0, 0.05) is 0 Å². The second-order valence-corrected chi connectivity index (χ2v) is 21.8. The first-order chi connectivity index (χ1) is 12.4. The van der Waals surface area contributed by atoms with Crippen molar-refractivity contribution in [3.8, 4) is 0 Å². The van der Waals surface area contributed by atoms with E-state index < -0.39 is 19.8 Å². The zero-order chi connectivity index (χ0) is 18.5. The van der Waals surface area contributed by atoms with Gasteiger partial charge in [0.2, 0.25) is 0 Å². The van der Waals surface area contributed by atoms with Crippen LogP contribution in [0.25, 0.3) is 17.0 Å². The van der Waals surface area contributed by atoms with E-state index in [1.807, 2.05) is 0 Å². The zero-order valence-corrected chi connectivity index (χ0v) is 21.3. The molecular weight excluding hydrogens is 464 g/mol. The van der Waals surface area contributed by atoms with Crippen LogP contribution in [0.3, 0.4) is 0 Å². The molecule has 0 bridgehead atoms. The molecule has 0 amide bonds. The Hall–Kier alpha value is -0.947. The van der Waals surface area contributed by atoms with Crippen LogP contribution in [0.4, 0.5) is 0 Å². The van der Waals surface area contributed by atoms with Gasteiger partial charge in [-0.3, -0.25) is 0 Å². The SMILES string of the molecule is C[C](C)=[Zr]([c]1cc2ccccc2[nH]1)([CH]1C=Cc2ccccc21)[C](C)(C)C.Cl.Cl. The summed E-state index contributed by atoms with van der Waals surface area (Å²) in [5, 5.41) is 1.34. The Morgan fingerprint density at radius 1 is 0.929 bits per heavy atom. The minimum Gasteiger partial charge on any atom is -0.147 e. The average molecular weight is 495 g/mol. The standard InChI is InChI=1S/C9H7.C8H6N.C4H9.C3H6.2ClH.Zr/c1-2-5-9-7-3-6-8(9)4-1;1-2-4-8-7(3-1)5-6-9-8;1-4(2)3;1-3-2;;;/h1-7H;1-5,9H;1-3H3;1-2H3;2*1H;. The van der Waals surface area contributed by atoms with Crippen LogP contribution < -0.4 is 3.40 Å².